The third kappa shape index (κ3) is 4.39. The fourth-order valence-electron chi connectivity index (χ4n) is 3.38. The van der Waals surface area contributed by atoms with Gasteiger partial charge in [-0.05, 0) is 67.6 Å². The van der Waals surface area contributed by atoms with E-state index in [1.807, 2.05) is 43.3 Å². The van der Waals surface area contributed by atoms with Crippen molar-refractivity contribution in [2.24, 2.45) is 0 Å². The number of carboxylic acid groups (broad SMARTS) is 1. The third-order valence-electron chi connectivity index (χ3n) is 5.08. The van der Waals surface area contributed by atoms with E-state index in [0.29, 0.717) is 28.9 Å². The van der Waals surface area contributed by atoms with Gasteiger partial charge in [-0.1, -0.05) is 30.3 Å². The highest BCUT2D eigenvalue weighted by molar-refractivity contribution is 6.06. The van der Waals surface area contributed by atoms with Crippen molar-refractivity contribution >= 4 is 17.6 Å². The minimum Gasteiger partial charge on any atom is -0.478 e. The molecule has 3 rings (SSSR count). The third-order valence-corrected chi connectivity index (χ3v) is 5.08. The number of pyridine rings is 1. The molecule has 0 fully saturated rings. The molecule has 0 saturated carbocycles. The fraction of sp³-hybridized carbons (Fsp3) is 0.208. The van der Waals surface area contributed by atoms with E-state index >= 15 is 0 Å². The Morgan fingerprint density at radius 2 is 1.73 bits per heavy atom. The number of carboxylic acids is 1. The van der Waals surface area contributed by atoms with Crippen LogP contribution in [0.1, 0.15) is 43.1 Å². The van der Waals surface area contributed by atoms with Crippen LogP contribution >= 0.6 is 0 Å². The first-order valence-corrected chi connectivity index (χ1v) is 9.64. The summed E-state index contributed by atoms with van der Waals surface area (Å²) in [7, 11) is 0. The number of aromatic nitrogens is 1. The summed E-state index contributed by atoms with van der Waals surface area (Å²) in [5, 5.41) is 21.4. The number of carbonyl (C=O) groups is 2. The number of rotatable bonds is 6. The normalized spacial score (nSPS) is 10.7. The average molecular weight is 404 g/mol. The summed E-state index contributed by atoms with van der Waals surface area (Å²) >= 11 is 0. The van der Waals surface area contributed by atoms with E-state index in [9.17, 15) is 14.7 Å². The van der Waals surface area contributed by atoms with Crippen molar-refractivity contribution in [2.75, 3.05) is 11.9 Å². The van der Waals surface area contributed by atoms with Gasteiger partial charge in [0.25, 0.3) is 5.91 Å². The predicted octanol–water partition coefficient (Wildman–Crippen LogP) is 4.16. The van der Waals surface area contributed by atoms with E-state index in [2.05, 4.69) is 10.3 Å². The molecule has 0 aliphatic heterocycles. The van der Waals surface area contributed by atoms with Gasteiger partial charge in [0.2, 0.25) is 0 Å². The number of nitrogens with one attached hydrogen (secondary N) is 1. The number of aliphatic hydroxyl groups is 1. The summed E-state index contributed by atoms with van der Waals surface area (Å²) in [6, 6.07) is 14.6. The van der Waals surface area contributed by atoms with Crippen LogP contribution in [0, 0.1) is 20.8 Å². The maximum Gasteiger partial charge on any atom is 0.336 e. The lowest BCUT2D eigenvalue weighted by Gasteiger charge is -2.15. The molecule has 3 aromatic rings. The lowest BCUT2D eigenvalue weighted by molar-refractivity contribution is 0.0695. The first-order chi connectivity index (χ1) is 14.3. The van der Waals surface area contributed by atoms with Crippen molar-refractivity contribution < 1.29 is 19.8 Å². The molecule has 0 atom stereocenters. The molecule has 0 unspecified atom stereocenters. The number of aliphatic hydroxyl groups excluding tert-OH is 1. The fourth-order valence-corrected chi connectivity index (χ4v) is 3.38. The quantitative estimate of drug-likeness (QED) is 0.573. The highest BCUT2D eigenvalue weighted by Crippen LogP contribution is 2.26. The Bertz CT molecular complexity index is 1120. The number of amides is 1. The second kappa shape index (κ2) is 8.88. The number of anilines is 1. The monoisotopic (exact) mass is 404 g/mol. The zero-order chi connectivity index (χ0) is 21.8. The molecule has 0 saturated heterocycles. The Hall–Kier alpha value is -3.51. The zero-order valence-electron chi connectivity index (χ0n) is 17.2. The highest BCUT2D eigenvalue weighted by Gasteiger charge is 2.18. The lowest BCUT2D eigenvalue weighted by atomic mass is 10.0. The van der Waals surface area contributed by atoms with Crippen molar-refractivity contribution in [3.8, 4) is 11.3 Å². The van der Waals surface area contributed by atoms with E-state index in [1.54, 1.807) is 19.9 Å². The summed E-state index contributed by atoms with van der Waals surface area (Å²) in [6.07, 6.45) is 0.547. The van der Waals surface area contributed by atoms with Gasteiger partial charge in [-0.2, -0.15) is 0 Å². The van der Waals surface area contributed by atoms with Gasteiger partial charge in [-0.3, -0.25) is 4.79 Å². The molecule has 0 radical (unpaired) electrons. The molecule has 154 valence electrons. The van der Waals surface area contributed by atoms with Crippen molar-refractivity contribution in [1.29, 1.82) is 0 Å². The lowest BCUT2D eigenvalue weighted by Crippen LogP contribution is -2.18. The first kappa shape index (κ1) is 21.2. The Morgan fingerprint density at radius 1 is 1.00 bits per heavy atom. The van der Waals surface area contributed by atoms with Crippen molar-refractivity contribution in [1.82, 2.24) is 4.98 Å². The maximum atomic E-state index is 13.0. The second-order valence-electron chi connectivity index (χ2n) is 7.23. The van der Waals surface area contributed by atoms with E-state index in [-0.39, 0.29) is 17.9 Å². The molecule has 0 aliphatic carbocycles. The number of aryl methyl sites for hydroxylation is 2. The van der Waals surface area contributed by atoms with Gasteiger partial charge in [0.05, 0.1) is 11.3 Å². The Labute approximate surface area is 175 Å². The zero-order valence-corrected chi connectivity index (χ0v) is 17.2. The Kier molecular flexibility index (Phi) is 6.28. The van der Waals surface area contributed by atoms with E-state index in [0.717, 1.165) is 16.7 Å². The number of aromatic carboxylic acids is 1. The summed E-state index contributed by atoms with van der Waals surface area (Å²) in [6.45, 7) is 5.36. The summed E-state index contributed by atoms with van der Waals surface area (Å²) in [5.41, 5.74) is 5.39. The molecule has 30 heavy (non-hydrogen) atoms. The minimum atomic E-state index is -1.04. The first-order valence-electron chi connectivity index (χ1n) is 9.64. The number of benzene rings is 2. The second-order valence-corrected chi connectivity index (χ2v) is 7.23. The highest BCUT2D eigenvalue weighted by atomic mass is 16.4. The van der Waals surface area contributed by atoms with Gasteiger partial charge in [-0.15, -0.1) is 0 Å². The van der Waals surface area contributed by atoms with Crippen LogP contribution in [0.5, 0.6) is 0 Å². The molecule has 0 bridgehead atoms. The van der Waals surface area contributed by atoms with Crippen LogP contribution < -0.4 is 5.32 Å². The summed E-state index contributed by atoms with van der Waals surface area (Å²) in [5.74, 6) is -1.43. The summed E-state index contributed by atoms with van der Waals surface area (Å²) in [4.78, 5) is 29.0. The van der Waals surface area contributed by atoms with Gasteiger partial charge >= 0.3 is 5.97 Å². The van der Waals surface area contributed by atoms with Gasteiger partial charge in [0.1, 0.15) is 5.69 Å². The van der Waals surface area contributed by atoms with Crippen molar-refractivity contribution in [2.45, 2.75) is 27.2 Å². The Morgan fingerprint density at radius 3 is 2.43 bits per heavy atom. The standard InChI is InChI=1S/C24H24N2O4/c1-14-7-9-19(24(29)30)16(3)21(14)26-23(28)22-15(2)8-10-20(25-22)18-6-4-5-17(13-18)11-12-27/h4-10,13,27H,11-12H2,1-3H3,(H,26,28)(H,29,30). The van der Waals surface area contributed by atoms with Crippen molar-refractivity contribution in [3.05, 3.63) is 82.0 Å². The number of hydrogen-bond donors (Lipinski definition) is 3. The maximum absolute atomic E-state index is 13.0. The molecule has 0 aliphatic rings. The molecule has 2 aromatic carbocycles. The average Bonchev–Trinajstić information content (AvgIpc) is 2.71. The molecule has 1 heterocycles. The number of nitrogens with zero attached hydrogens (tertiary/aromatic N) is 1. The van der Waals surface area contributed by atoms with E-state index in [4.69, 9.17) is 5.11 Å². The molecule has 6 heteroatoms. The van der Waals surface area contributed by atoms with Crippen LogP contribution in [0.3, 0.4) is 0 Å². The Balaban J connectivity index is 1.96. The van der Waals surface area contributed by atoms with Crippen LogP contribution in [0.15, 0.2) is 48.5 Å². The predicted molar refractivity (Wildman–Crippen MR) is 116 cm³/mol. The molecular weight excluding hydrogens is 380 g/mol. The molecule has 1 amide bonds. The van der Waals surface area contributed by atoms with Crippen LogP contribution in [0.4, 0.5) is 5.69 Å². The molecule has 6 nitrogen and oxygen atoms in total. The molecule has 3 N–H and O–H groups in total. The molecule has 0 spiro atoms. The van der Waals surface area contributed by atoms with Crippen molar-refractivity contribution in [3.63, 3.8) is 0 Å². The summed E-state index contributed by atoms with van der Waals surface area (Å²) < 4.78 is 0. The van der Waals surface area contributed by atoms with E-state index < -0.39 is 11.9 Å². The van der Waals surface area contributed by atoms with Gasteiger partial charge in [0, 0.05) is 17.9 Å². The smallest absolute Gasteiger partial charge is 0.336 e. The SMILES string of the molecule is Cc1ccc(-c2cccc(CCO)c2)nc1C(=O)Nc1c(C)ccc(C(=O)O)c1C. The van der Waals surface area contributed by atoms with Gasteiger partial charge in [0.15, 0.2) is 0 Å². The number of carbonyl (C=O) groups excluding carboxylic acids is 1. The largest absolute Gasteiger partial charge is 0.478 e. The van der Waals surface area contributed by atoms with Gasteiger partial charge < -0.3 is 15.5 Å². The minimum absolute atomic E-state index is 0.0620. The molecular formula is C24H24N2O4. The van der Waals surface area contributed by atoms with E-state index in [1.165, 1.54) is 6.07 Å². The van der Waals surface area contributed by atoms with Crippen LogP contribution in [0.25, 0.3) is 11.3 Å². The van der Waals surface area contributed by atoms with Crippen LogP contribution in [0.2, 0.25) is 0 Å². The topological polar surface area (TPSA) is 99.5 Å². The number of hydrogen-bond acceptors (Lipinski definition) is 4. The van der Waals surface area contributed by atoms with Crippen LogP contribution in [-0.4, -0.2) is 33.7 Å². The molecule has 1 aromatic heterocycles. The van der Waals surface area contributed by atoms with Gasteiger partial charge in [-0.25, -0.2) is 9.78 Å². The van der Waals surface area contributed by atoms with Crippen LogP contribution in [-0.2, 0) is 6.42 Å².